The number of ether oxygens (including phenoxy) is 1. The molecule has 0 bridgehead atoms. The van der Waals surface area contributed by atoms with Gasteiger partial charge in [-0.25, -0.2) is 4.98 Å². The molecule has 0 radical (unpaired) electrons. The number of benzene rings is 2. The van der Waals surface area contributed by atoms with Gasteiger partial charge in [-0.2, -0.15) is 0 Å². The summed E-state index contributed by atoms with van der Waals surface area (Å²) in [4.78, 5) is 14.1. The van der Waals surface area contributed by atoms with Crippen molar-refractivity contribution in [1.82, 2.24) is 19.8 Å². The molecule has 0 atom stereocenters. The zero-order valence-corrected chi connectivity index (χ0v) is 22.2. The van der Waals surface area contributed by atoms with Crippen LogP contribution in [0, 0.1) is 0 Å². The lowest BCUT2D eigenvalue weighted by atomic mass is 10.1. The van der Waals surface area contributed by atoms with Gasteiger partial charge in [-0.3, -0.25) is 9.80 Å². The van der Waals surface area contributed by atoms with E-state index in [1.807, 2.05) is 12.4 Å². The van der Waals surface area contributed by atoms with Crippen molar-refractivity contribution in [2.24, 2.45) is 0 Å². The number of thiophene rings is 1. The summed E-state index contributed by atoms with van der Waals surface area (Å²) < 4.78 is 6.57. The Bertz CT molecular complexity index is 1490. The molecule has 0 spiro atoms. The zero-order valence-electron chi connectivity index (χ0n) is 21.4. The Morgan fingerprint density at radius 1 is 0.921 bits per heavy atom. The molecule has 3 N–H and O–H groups in total. The third-order valence-electron chi connectivity index (χ3n) is 7.15. The van der Waals surface area contributed by atoms with Crippen molar-refractivity contribution in [3.8, 4) is 10.4 Å². The molecule has 196 valence electrons. The van der Waals surface area contributed by atoms with Gasteiger partial charge in [-0.15, -0.1) is 11.3 Å². The number of H-pyrrole nitrogens is 1. The minimum absolute atomic E-state index is 0.0942. The third-order valence-corrected chi connectivity index (χ3v) is 8.35. The van der Waals surface area contributed by atoms with Crippen molar-refractivity contribution in [3.05, 3.63) is 78.6 Å². The van der Waals surface area contributed by atoms with Gasteiger partial charge in [-0.1, -0.05) is 24.3 Å². The lowest BCUT2D eigenvalue weighted by molar-refractivity contribution is 0.0564. The lowest BCUT2D eigenvalue weighted by Crippen LogP contribution is -2.46. The topological polar surface area (TPSA) is 76.7 Å². The Balaban J connectivity index is 1.09. The van der Waals surface area contributed by atoms with Crippen LogP contribution in [0.1, 0.15) is 5.56 Å². The molecular formula is C30H33N5O2S. The standard InChI is InChI=1S/C30H33N5O2S/c36-16-18-37-17-15-34-11-13-35(14-12-34)21-22-1-3-23(4-2-22)28-20-25-8-10-32-30(29(25)38-28)33-26-5-6-27-24(19-26)7-9-31-27/h1-10,19-20,31,36H,11-18,21H2,(H,32,33). The first-order valence-electron chi connectivity index (χ1n) is 13.2. The van der Waals surface area contributed by atoms with E-state index >= 15 is 0 Å². The van der Waals surface area contributed by atoms with Crippen molar-refractivity contribution in [3.63, 3.8) is 0 Å². The van der Waals surface area contributed by atoms with Gasteiger partial charge in [0.15, 0.2) is 0 Å². The lowest BCUT2D eigenvalue weighted by Gasteiger charge is -2.34. The van der Waals surface area contributed by atoms with Gasteiger partial charge in [0, 0.05) is 73.1 Å². The van der Waals surface area contributed by atoms with Gasteiger partial charge in [0.1, 0.15) is 5.82 Å². The van der Waals surface area contributed by atoms with Crippen LogP contribution in [-0.2, 0) is 11.3 Å². The summed E-state index contributed by atoms with van der Waals surface area (Å²) in [5.74, 6) is 0.893. The van der Waals surface area contributed by atoms with Crippen LogP contribution in [0.25, 0.3) is 31.4 Å². The second-order valence-corrected chi connectivity index (χ2v) is 10.8. The van der Waals surface area contributed by atoms with E-state index in [4.69, 9.17) is 9.84 Å². The smallest absolute Gasteiger partial charge is 0.148 e. The fourth-order valence-electron chi connectivity index (χ4n) is 5.03. The second kappa shape index (κ2) is 11.6. The number of aliphatic hydroxyl groups excluding tert-OH is 1. The number of aliphatic hydroxyl groups is 1. The Hall–Kier alpha value is -3.27. The third kappa shape index (κ3) is 5.75. The molecule has 4 heterocycles. The highest BCUT2D eigenvalue weighted by atomic mass is 32.1. The summed E-state index contributed by atoms with van der Waals surface area (Å²) >= 11 is 1.78. The van der Waals surface area contributed by atoms with E-state index < -0.39 is 0 Å². The Morgan fingerprint density at radius 3 is 2.61 bits per heavy atom. The van der Waals surface area contributed by atoms with Crippen LogP contribution in [0.5, 0.6) is 0 Å². The number of pyridine rings is 1. The van der Waals surface area contributed by atoms with Crippen molar-refractivity contribution < 1.29 is 9.84 Å². The van der Waals surface area contributed by atoms with E-state index in [1.54, 1.807) is 11.3 Å². The van der Waals surface area contributed by atoms with Gasteiger partial charge in [0.05, 0.1) is 24.5 Å². The Labute approximate surface area is 226 Å². The minimum Gasteiger partial charge on any atom is -0.394 e. The molecular weight excluding hydrogens is 494 g/mol. The summed E-state index contributed by atoms with van der Waals surface area (Å²) in [6.07, 6.45) is 3.84. The van der Waals surface area contributed by atoms with Gasteiger partial charge in [-0.05, 0) is 52.9 Å². The molecule has 1 fully saturated rings. The molecule has 0 saturated carbocycles. The zero-order chi connectivity index (χ0) is 25.7. The normalized spacial score (nSPS) is 15.0. The number of aromatic nitrogens is 2. The predicted molar refractivity (Wildman–Crippen MR) is 156 cm³/mol. The van der Waals surface area contributed by atoms with E-state index in [1.165, 1.54) is 31.5 Å². The average molecular weight is 528 g/mol. The number of hydrogen-bond acceptors (Lipinski definition) is 7. The van der Waals surface area contributed by atoms with Gasteiger partial charge >= 0.3 is 0 Å². The van der Waals surface area contributed by atoms with Crippen LogP contribution in [0.2, 0.25) is 0 Å². The number of aromatic amines is 1. The number of nitrogens with zero attached hydrogens (tertiary/aromatic N) is 3. The molecule has 7 nitrogen and oxygen atoms in total. The summed E-state index contributed by atoms with van der Waals surface area (Å²) in [6, 6.07) is 21.8. The molecule has 5 aromatic rings. The van der Waals surface area contributed by atoms with E-state index in [2.05, 4.69) is 85.7 Å². The monoisotopic (exact) mass is 527 g/mol. The number of piperazine rings is 1. The van der Waals surface area contributed by atoms with Gasteiger partial charge in [0.2, 0.25) is 0 Å². The highest BCUT2D eigenvalue weighted by Gasteiger charge is 2.17. The number of hydrogen-bond donors (Lipinski definition) is 3. The molecule has 0 amide bonds. The summed E-state index contributed by atoms with van der Waals surface area (Å²) in [6.45, 7) is 7.39. The summed E-state index contributed by atoms with van der Waals surface area (Å²) in [5.41, 5.74) is 4.75. The Morgan fingerprint density at radius 2 is 1.76 bits per heavy atom. The molecule has 8 heteroatoms. The SMILES string of the molecule is OCCOCCN1CCN(Cc2ccc(-c3cc4ccnc(Nc5ccc6[nH]ccc6c5)c4s3)cc2)CC1. The fourth-order valence-corrected chi connectivity index (χ4v) is 6.13. The highest BCUT2D eigenvalue weighted by molar-refractivity contribution is 7.22. The van der Waals surface area contributed by atoms with E-state index in [9.17, 15) is 0 Å². The van der Waals surface area contributed by atoms with Crippen LogP contribution in [0.4, 0.5) is 11.5 Å². The van der Waals surface area contributed by atoms with Crippen molar-refractivity contribution >= 4 is 43.8 Å². The maximum atomic E-state index is 8.82. The molecule has 3 aromatic heterocycles. The Kier molecular flexibility index (Phi) is 7.66. The largest absolute Gasteiger partial charge is 0.394 e. The van der Waals surface area contributed by atoms with Crippen molar-refractivity contribution in [1.29, 1.82) is 0 Å². The molecule has 1 aliphatic rings. The van der Waals surface area contributed by atoms with Crippen LogP contribution in [0.15, 0.2) is 73.1 Å². The van der Waals surface area contributed by atoms with E-state index in [0.29, 0.717) is 13.2 Å². The molecule has 38 heavy (non-hydrogen) atoms. The number of nitrogens with one attached hydrogen (secondary N) is 2. The number of fused-ring (bicyclic) bond motifs is 2. The van der Waals surface area contributed by atoms with Crippen molar-refractivity contribution in [2.75, 3.05) is 57.9 Å². The second-order valence-electron chi connectivity index (χ2n) is 9.74. The van der Waals surface area contributed by atoms with Crippen molar-refractivity contribution in [2.45, 2.75) is 6.54 Å². The quantitative estimate of drug-likeness (QED) is 0.214. The van der Waals surface area contributed by atoms with Gasteiger partial charge < -0.3 is 20.1 Å². The fraction of sp³-hybridized carbons (Fsp3) is 0.300. The van der Waals surface area contributed by atoms with E-state index in [-0.39, 0.29) is 6.61 Å². The summed E-state index contributed by atoms with van der Waals surface area (Å²) in [5, 5.41) is 14.7. The predicted octanol–water partition coefficient (Wildman–Crippen LogP) is 5.31. The first-order valence-corrected chi connectivity index (χ1v) is 14.0. The van der Waals surface area contributed by atoms with Crippen LogP contribution in [0.3, 0.4) is 0 Å². The molecule has 2 aromatic carbocycles. The molecule has 0 aliphatic carbocycles. The number of anilines is 2. The highest BCUT2D eigenvalue weighted by Crippen LogP contribution is 2.37. The summed E-state index contributed by atoms with van der Waals surface area (Å²) in [7, 11) is 0. The minimum atomic E-state index is 0.0942. The molecule has 0 unspecified atom stereocenters. The maximum Gasteiger partial charge on any atom is 0.148 e. The van der Waals surface area contributed by atoms with Crippen LogP contribution < -0.4 is 5.32 Å². The first-order chi connectivity index (χ1) is 18.7. The van der Waals surface area contributed by atoms with E-state index in [0.717, 1.165) is 56.3 Å². The molecule has 1 saturated heterocycles. The van der Waals surface area contributed by atoms with Crippen LogP contribution in [-0.4, -0.2) is 77.4 Å². The van der Waals surface area contributed by atoms with Crippen LogP contribution >= 0.6 is 11.3 Å². The van der Waals surface area contributed by atoms with Gasteiger partial charge in [0.25, 0.3) is 0 Å². The maximum absolute atomic E-state index is 8.82. The molecule has 6 rings (SSSR count). The first kappa shape index (κ1) is 25.0. The molecule has 1 aliphatic heterocycles. The number of rotatable bonds is 10. The average Bonchev–Trinajstić information content (AvgIpc) is 3.60.